The Morgan fingerprint density at radius 1 is 1.12 bits per heavy atom. The van der Waals surface area contributed by atoms with Gasteiger partial charge < -0.3 is 20.1 Å². The normalized spacial score (nSPS) is 11.5. The molecule has 0 saturated carbocycles. The van der Waals surface area contributed by atoms with Crippen molar-refractivity contribution in [2.75, 3.05) is 24.9 Å². The molecule has 5 nitrogen and oxygen atoms in total. The second-order valence-electron chi connectivity index (χ2n) is 5.39. The Hall–Kier alpha value is -2.40. The minimum atomic E-state index is -0.431. The van der Waals surface area contributed by atoms with Crippen LogP contribution >= 0.6 is 11.6 Å². The monoisotopic (exact) mass is 348 g/mol. The summed E-state index contributed by atoms with van der Waals surface area (Å²) in [6.07, 6.45) is 0. The number of methoxy groups -OCH3 is 2. The number of hydrogen-bond donors (Lipinski definition) is 2. The number of aryl methyl sites for hydroxylation is 1. The topological polar surface area (TPSA) is 59.6 Å². The molecule has 0 heterocycles. The number of amides is 1. The van der Waals surface area contributed by atoms with Crippen LogP contribution in [0.2, 0.25) is 5.02 Å². The van der Waals surface area contributed by atoms with Gasteiger partial charge in [-0.3, -0.25) is 4.79 Å². The maximum atomic E-state index is 12.4. The molecule has 0 aliphatic carbocycles. The second-order valence-corrected chi connectivity index (χ2v) is 5.79. The summed E-state index contributed by atoms with van der Waals surface area (Å²) in [6.45, 7) is 3.66. The number of halogens is 1. The maximum absolute atomic E-state index is 12.4. The highest BCUT2D eigenvalue weighted by molar-refractivity contribution is 6.31. The predicted octanol–water partition coefficient (Wildman–Crippen LogP) is 4.10. The van der Waals surface area contributed by atoms with E-state index >= 15 is 0 Å². The van der Waals surface area contributed by atoms with Crippen molar-refractivity contribution in [3.63, 3.8) is 0 Å². The van der Waals surface area contributed by atoms with Crippen molar-refractivity contribution in [3.05, 3.63) is 47.0 Å². The molecule has 0 saturated heterocycles. The summed E-state index contributed by atoms with van der Waals surface area (Å²) in [5.74, 6) is 1.11. The Morgan fingerprint density at radius 2 is 1.79 bits per heavy atom. The summed E-state index contributed by atoms with van der Waals surface area (Å²) in [7, 11) is 3.15. The number of carbonyl (C=O) groups excluding carboxylic acids is 1. The van der Waals surface area contributed by atoms with E-state index in [9.17, 15) is 4.79 Å². The predicted molar refractivity (Wildman–Crippen MR) is 97.4 cm³/mol. The van der Waals surface area contributed by atoms with Crippen molar-refractivity contribution in [1.29, 1.82) is 0 Å². The highest BCUT2D eigenvalue weighted by Crippen LogP contribution is 2.31. The highest BCUT2D eigenvalue weighted by atomic mass is 35.5. The van der Waals surface area contributed by atoms with E-state index < -0.39 is 6.04 Å². The van der Waals surface area contributed by atoms with Crippen LogP contribution in [0.5, 0.6) is 11.5 Å². The number of benzene rings is 2. The molecule has 6 heteroatoms. The number of hydrogen-bond acceptors (Lipinski definition) is 4. The van der Waals surface area contributed by atoms with Gasteiger partial charge in [0.15, 0.2) is 0 Å². The van der Waals surface area contributed by atoms with Gasteiger partial charge in [0.2, 0.25) is 5.91 Å². The van der Waals surface area contributed by atoms with E-state index in [0.29, 0.717) is 16.5 Å². The van der Waals surface area contributed by atoms with Crippen LogP contribution in [0.1, 0.15) is 12.5 Å². The van der Waals surface area contributed by atoms with Crippen molar-refractivity contribution in [2.24, 2.45) is 0 Å². The van der Waals surface area contributed by atoms with E-state index in [-0.39, 0.29) is 5.91 Å². The molecule has 0 spiro atoms. The Bertz CT molecular complexity index is 717. The van der Waals surface area contributed by atoms with Crippen LogP contribution in [0.25, 0.3) is 0 Å². The molecule has 0 bridgehead atoms. The Kier molecular flexibility index (Phi) is 5.93. The van der Waals surface area contributed by atoms with Crippen molar-refractivity contribution < 1.29 is 14.3 Å². The summed E-state index contributed by atoms with van der Waals surface area (Å²) in [5.41, 5.74) is 2.29. The molecular weight excluding hydrogens is 328 g/mol. The fraction of sp³-hybridized carbons (Fsp3) is 0.278. The van der Waals surface area contributed by atoms with Crippen LogP contribution < -0.4 is 20.1 Å². The molecule has 0 radical (unpaired) electrons. The molecule has 2 aromatic rings. The van der Waals surface area contributed by atoms with E-state index in [4.69, 9.17) is 21.1 Å². The molecule has 128 valence electrons. The van der Waals surface area contributed by atoms with E-state index in [2.05, 4.69) is 10.6 Å². The quantitative estimate of drug-likeness (QED) is 0.825. The molecule has 24 heavy (non-hydrogen) atoms. The zero-order valence-electron chi connectivity index (χ0n) is 14.1. The van der Waals surface area contributed by atoms with Gasteiger partial charge in [0.25, 0.3) is 0 Å². The average molecular weight is 349 g/mol. The number of carbonyl (C=O) groups is 1. The largest absolute Gasteiger partial charge is 0.497 e. The third-order valence-electron chi connectivity index (χ3n) is 3.61. The van der Waals surface area contributed by atoms with E-state index in [0.717, 1.165) is 17.0 Å². The summed E-state index contributed by atoms with van der Waals surface area (Å²) in [5, 5.41) is 6.60. The maximum Gasteiger partial charge on any atom is 0.246 e. The van der Waals surface area contributed by atoms with Crippen molar-refractivity contribution in [1.82, 2.24) is 0 Å². The third-order valence-corrected chi connectivity index (χ3v) is 4.01. The molecule has 0 fully saturated rings. The zero-order valence-corrected chi connectivity index (χ0v) is 14.9. The summed E-state index contributed by atoms with van der Waals surface area (Å²) in [4.78, 5) is 12.4. The summed E-state index contributed by atoms with van der Waals surface area (Å²) < 4.78 is 10.4. The third kappa shape index (κ3) is 4.32. The van der Waals surface area contributed by atoms with Crippen molar-refractivity contribution in [2.45, 2.75) is 19.9 Å². The van der Waals surface area contributed by atoms with Gasteiger partial charge in [-0.25, -0.2) is 0 Å². The second kappa shape index (κ2) is 7.93. The minimum Gasteiger partial charge on any atom is -0.497 e. The first-order valence-electron chi connectivity index (χ1n) is 7.50. The summed E-state index contributed by atoms with van der Waals surface area (Å²) >= 11 is 6.08. The first kappa shape index (κ1) is 17.9. The van der Waals surface area contributed by atoms with E-state index in [1.807, 2.05) is 31.2 Å². The molecular formula is C18H21ClN2O3. The number of rotatable bonds is 6. The Labute approximate surface area is 146 Å². The molecule has 1 atom stereocenters. The van der Waals surface area contributed by atoms with Gasteiger partial charge in [0, 0.05) is 16.8 Å². The van der Waals surface area contributed by atoms with Gasteiger partial charge in [0.1, 0.15) is 17.5 Å². The van der Waals surface area contributed by atoms with Crippen molar-refractivity contribution >= 4 is 28.9 Å². The molecule has 1 amide bonds. The lowest BCUT2D eigenvalue weighted by atomic mass is 10.2. The van der Waals surface area contributed by atoms with Crippen LogP contribution in [0.4, 0.5) is 11.4 Å². The van der Waals surface area contributed by atoms with E-state index in [1.54, 1.807) is 26.2 Å². The first-order valence-corrected chi connectivity index (χ1v) is 7.88. The lowest BCUT2D eigenvalue weighted by Gasteiger charge is -2.17. The Balaban J connectivity index is 2.07. The number of nitrogens with one attached hydrogen (secondary N) is 2. The smallest absolute Gasteiger partial charge is 0.246 e. The fourth-order valence-corrected chi connectivity index (χ4v) is 2.33. The van der Waals surface area contributed by atoms with Gasteiger partial charge in [-0.2, -0.15) is 0 Å². The minimum absolute atomic E-state index is 0.175. The molecule has 2 aromatic carbocycles. The van der Waals surface area contributed by atoms with E-state index in [1.165, 1.54) is 7.11 Å². The molecule has 0 aromatic heterocycles. The van der Waals surface area contributed by atoms with Gasteiger partial charge in [0.05, 0.1) is 19.9 Å². The van der Waals surface area contributed by atoms with Crippen molar-refractivity contribution in [3.8, 4) is 11.5 Å². The highest BCUT2D eigenvalue weighted by Gasteiger charge is 2.16. The number of ether oxygens (including phenoxy) is 2. The molecule has 1 unspecified atom stereocenters. The average Bonchev–Trinajstić information content (AvgIpc) is 2.58. The molecule has 0 aliphatic rings. The number of anilines is 2. The van der Waals surface area contributed by atoms with Gasteiger partial charge in [-0.1, -0.05) is 11.6 Å². The Morgan fingerprint density at radius 3 is 2.38 bits per heavy atom. The van der Waals surface area contributed by atoms with Gasteiger partial charge in [-0.05, 0) is 49.7 Å². The summed E-state index contributed by atoms with van der Waals surface area (Å²) in [6, 6.07) is 10.4. The molecule has 0 aliphatic heterocycles. The van der Waals surface area contributed by atoms with Gasteiger partial charge >= 0.3 is 0 Å². The van der Waals surface area contributed by atoms with Crippen LogP contribution in [0, 0.1) is 6.92 Å². The lowest BCUT2D eigenvalue weighted by molar-refractivity contribution is -0.116. The molecule has 2 rings (SSSR count). The van der Waals surface area contributed by atoms with Crippen LogP contribution in [0.15, 0.2) is 36.4 Å². The van der Waals surface area contributed by atoms with Gasteiger partial charge in [-0.15, -0.1) is 0 Å². The van der Waals surface area contributed by atoms with Crippen LogP contribution in [-0.2, 0) is 4.79 Å². The SMILES string of the molecule is COc1ccc(NC(C)C(=O)Nc2cc(C)c(Cl)cc2OC)cc1. The first-order chi connectivity index (χ1) is 11.4. The fourth-order valence-electron chi connectivity index (χ4n) is 2.17. The lowest BCUT2D eigenvalue weighted by Crippen LogP contribution is -2.32. The zero-order chi connectivity index (χ0) is 17.7. The van der Waals surface area contributed by atoms with Crippen LogP contribution in [-0.4, -0.2) is 26.2 Å². The van der Waals surface area contributed by atoms with Crippen LogP contribution in [0.3, 0.4) is 0 Å². The standard InChI is InChI=1S/C18H21ClN2O3/c1-11-9-16(17(24-4)10-15(11)19)21-18(22)12(2)20-13-5-7-14(23-3)8-6-13/h5-10,12,20H,1-4H3,(H,21,22). The molecule has 2 N–H and O–H groups in total.